The molecule has 0 bridgehead atoms. The number of allylic oxidation sites excluding steroid dienone is 2. The SMILES string of the molecule is CC1(C)CC[C@]2(C(=O)O)[C@H](O)C[C@]3(C)C(=CC[C@@H]4[C@@]5(C)CC[C@H](O[C@@H]6O[C@H](CO[C@@H]7OC[C@H](O)[C@H](O)[C@H]7O[C@@H]7OC[C@H](O)[C@H](O)[C@H]7O)C(O)C(O)[C@H]6O[C@@H]6O[C@H](CO)[C@@H](O)[C@H](O)C6O)C(C)(C)[C@@H]5CC[C@]43C)[C@@H]2C1. The molecular weight excluding hydrogens is 977 g/mol. The van der Waals surface area contributed by atoms with E-state index in [1.54, 1.807) is 0 Å². The lowest BCUT2D eigenvalue weighted by molar-refractivity contribution is -0.384. The summed E-state index contributed by atoms with van der Waals surface area (Å²) in [5.41, 5.74) is -1.78. The summed E-state index contributed by atoms with van der Waals surface area (Å²) in [4.78, 5) is 13.3. The van der Waals surface area contributed by atoms with Gasteiger partial charge < -0.3 is 104 Å². The molecule has 0 spiro atoms. The van der Waals surface area contributed by atoms with Gasteiger partial charge in [0.2, 0.25) is 0 Å². The van der Waals surface area contributed by atoms with Gasteiger partial charge in [-0.3, -0.25) is 4.79 Å². The lowest BCUT2D eigenvalue weighted by atomic mass is 9.33. The van der Waals surface area contributed by atoms with Crippen molar-refractivity contribution in [3.8, 4) is 0 Å². The van der Waals surface area contributed by atoms with Crippen molar-refractivity contribution in [2.75, 3.05) is 26.4 Å². The predicted molar refractivity (Wildman–Crippen MR) is 253 cm³/mol. The molecule has 3 unspecified atom stereocenters. The second-order valence-electron chi connectivity index (χ2n) is 25.5. The number of carboxylic acids is 1. The molecule has 4 aliphatic heterocycles. The van der Waals surface area contributed by atoms with Crippen LogP contribution in [0.2, 0.25) is 0 Å². The van der Waals surface area contributed by atoms with Crippen molar-refractivity contribution in [1.29, 1.82) is 0 Å². The van der Waals surface area contributed by atoms with E-state index in [-0.39, 0.29) is 34.0 Å². The fourth-order valence-corrected chi connectivity index (χ4v) is 16.0. The predicted octanol–water partition coefficient (Wildman–Crippen LogP) is -1.22. The van der Waals surface area contributed by atoms with Gasteiger partial charge in [-0.25, -0.2) is 0 Å². The summed E-state index contributed by atoms with van der Waals surface area (Å²) < 4.78 is 48.1. The molecule has 13 N–H and O–H groups in total. The molecule has 5 aliphatic carbocycles. The standard InChI is InChI=1S/C52H84O22/c1-47(2)14-15-52(46(65)66)23(16-47)22-8-9-29-49(5)12-11-31(48(3,4)28(49)10-13-50(29,6)51(22,7)17-30(52)56)72-45-41(74-43-39(64)36(61)34(59)26(18-53)70-43)37(62)35(60)27(71-45)21-69-44-40(33(58)25(55)20-68-44)73-42-38(63)32(57)24(54)19-67-42/h8,23-45,53-64H,9-21H2,1-7H3,(H,65,66)/t23-,24-,25-,26+,27+,28-,29+,30+,31-,32-,33-,34+,35?,36-,37?,38+,39?,40+,41+,42-,43-,44-,45-,49-,50+,51+,52+/m0/s1. The molecule has 22 nitrogen and oxygen atoms in total. The molecule has 0 amide bonds. The van der Waals surface area contributed by atoms with Gasteiger partial charge in [-0.15, -0.1) is 0 Å². The normalized spacial score (nSPS) is 54.1. The zero-order valence-corrected chi connectivity index (χ0v) is 43.5. The minimum atomic E-state index is -1.89. The number of fused-ring (bicyclic) bond motifs is 7. The van der Waals surface area contributed by atoms with Gasteiger partial charge in [0.15, 0.2) is 25.2 Å². The summed E-state index contributed by atoms with van der Waals surface area (Å²) in [6, 6.07) is 0. The lowest BCUT2D eigenvalue weighted by Crippen LogP contribution is -2.68. The molecule has 27 atom stereocenters. The van der Waals surface area contributed by atoms with Gasteiger partial charge >= 0.3 is 5.97 Å². The number of carboxylic acid groups (broad SMARTS) is 1. The Hall–Kier alpha value is -1.59. The van der Waals surface area contributed by atoms with Crippen LogP contribution in [0.15, 0.2) is 11.6 Å². The fourth-order valence-electron chi connectivity index (χ4n) is 16.0. The zero-order valence-electron chi connectivity index (χ0n) is 43.5. The molecule has 0 aromatic carbocycles. The highest BCUT2D eigenvalue weighted by Crippen LogP contribution is 2.76. The number of aliphatic hydroxyl groups excluding tert-OH is 12. The Morgan fingerprint density at radius 2 is 1.23 bits per heavy atom. The van der Waals surface area contributed by atoms with Gasteiger partial charge in [0.05, 0.1) is 38.6 Å². The van der Waals surface area contributed by atoms with Gasteiger partial charge in [-0.2, -0.15) is 0 Å². The molecule has 8 fully saturated rings. The van der Waals surface area contributed by atoms with Crippen LogP contribution in [0, 0.1) is 50.2 Å². The van der Waals surface area contributed by atoms with Gasteiger partial charge in [-0.05, 0) is 103 Å². The lowest BCUT2D eigenvalue weighted by Gasteiger charge is -2.71. The number of hydrogen-bond donors (Lipinski definition) is 13. The van der Waals surface area contributed by atoms with Crippen molar-refractivity contribution in [3.05, 3.63) is 11.6 Å². The topological polar surface area (TPSA) is 354 Å². The quantitative estimate of drug-likeness (QED) is 0.0852. The highest BCUT2D eigenvalue weighted by Gasteiger charge is 2.72. The number of rotatable bonds is 11. The average Bonchev–Trinajstić information content (AvgIpc) is 3.34. The summed E-state index contributed by atoms with van der Waals surface area (Å²) in [6.45, 7) is 13.4. The first-order valence-corrected chi connectivity index (χ1v) is 26.7. The first kappa shape index (κ1) is 57.1. The van der Waals surface area contributed by atoms with E-state index in [4.69, 9.17) is 37.9 Å². The summed E-state index contributed by atoms with van der Waals surface area (Å²) in [7, 11) is 0. The Morgan fingerprint density at radius 3 is 1.91 bits per heavy atom. The van der Waals surface area contributed by atoms with Crippen molar-refractivity contribution in [2.24, 2.45) is 50.2 Å². The van der Waals surface area contributed by atoms with Crippen LogP contribution in [0.4, 0.5) is 0 Å². The molecule has 0 aromatic heterocycles. The summed E-state index contributed by atoms with van der Waals surface area (Å²) >= 11 is 0. The molecule has 9 aliphatic rings. The van der Waals surface area contributed by atoms with E-state index >= 15 is 0 Å². The first-order valence-electron chi connectivity index (χ1n) is 26.7. The van der Waals surface area contributed by atoms with Gasteiger partial charge in [0, 0.05) is 0 Å². The van der Waals surface area contributed by atoms with Crippen LogP contribution in [0.3, 0.4) is 0 Å². The Bertz CT molecular complexity index is 2040. The molecule has 4 saturated carbocycles. The fraction of sp³-hybridized carbons (Fsp3) is 0.942. The van der Waals surface area contributed by atoms with Crippen LogP contribution in [0.25, 0.3) is 0 Å². The number of aliphatic hydroxyl groups is 12. The van der Waals surface area contributed by atoms with Crippen LogP contribution in [0.1, 0.15) is 106 Å². The van der Waals surface area contributed by atoms with E-state index in [1.807, 2.05) is 0 Å². The smallest absolute Gasteiger partial charge is 0.312 e. The third-order valence-electron chi connectivity index (χ3n) is 20.7. The Balaban J connectivity index is 0.971. The van der Waals surface area contributed by atoms with Crippen LogP contribution >= 0.6 is 0 Å². The third kappa shape index (κ3) is 9.16. The van der Waals surface area contributed by atoms with Crippen molar-refractivity contribution in [3.63, 3.8) is 0 Å². The number of hydrogen-bond acceptors (Lipinski definition) is 21. The second-order valence-corrected chi connectivity index (χ2v) is 25.5. The summed E-state index contributed by atoms with van der Waals surface area (Å²) in [5, 5.41) is 141. The van der Waals surface area contributed by atoms with E-state index in [0.29, 0.717) is 32.1 Å². The highest BCUT2D eigenvalue weighted by atomic mass is 16.8. The van der Waals surface area contributed by atoms with Crippen LogP contribution in [0.5, 0.6) is 0 Å². The van der Waals surface area contributed by atoms with Crippen LogP contribution < -0.4 is 0 Å². The minimum Gasteiger partial charge on any atom is -0.481 e. The monoisotopic (exact) mass is 1060 g/mol. The minimum absolute atomic E-state index is 0.0480. The molecule has 4 heterocycles. The maximum atomic E-state index is 13.3. The molecule has 0 radical (unpaired) electrons. The highest BCUT2D eigenvalue weighted by molar-refractivity contribution is 5.77. The van der Waals surface area contributed by atoms with E-state index in [2.05, 4.69) is 54.5 Å². The Morgan fingerprint density at radius 1 is 0.622 bits per heavy atom. The Labute approximate surface area is 431 Å². The van der Waals surface area contributed by atoms with Crippen molar-refractivity contribution in [2.45, 2.75) is 229 Å². The molecule has 22 heteroatoms. The maximum Gasteiger partial charge on any atom is 0.312 e. The maximum absolute atomic E-state index is 13.3. The molecular formula is C52H84O22. The largest absolute Gasteiger partial charge is 0.481 e. The van der Waals surface area contributed by atoms with E-state index in [9.17, 15) is 71.2 Å². The second kappa shape index (κ2) is 20.5. The van der Waals surface area contributed by atoms with Crippen molar-refractivity contribution in [1.82, 2.24) is 0 Å². The summed E-state index contributed by atoms with van der Waals surface area (Å²) in [6.07, 6.45) is -23.1. The average molecular weight is 1060 g/mol. The molecule has 4 saturated heterocycles. The van der Waals surface area contributed by atoms with Gasteiger partial charge in [0.25, 0.3) is 0 Å². The Kier molecular flexibility index (Phi) is 15.8. The number of carbonyl (C=O) groups is 1. The van der Waals surface area contributed by atoms with E-state index in [0.717, 1.165) is 25.7 Å². The number of ether oxygens (including phenoxy) is 8. The van der Waals surface area contributed by atoms with Crippen LogP contribution in [-0.2, 0) is 42.7 Å². The molecule has 424 valence electrons. The van der Waals surface area contributed by atoms with E-state index < -0.39 is 171 Å². The molecule has 9 rings (SSSR count). The van der Waals surface area contributed by atoms with Gasteiger partial charge in [0.1, 0.15) is 90.9 Å². The van der Waals surface area contributed by atoms with Crippen molar-refractivity contribution >= 4 is 5.97 Å². The molecule has 74 heavy (non-hydrogen) atoms. The van der Waals surface area contributed by atoms with Gasteiger partial charge in [-0.1, -0.05) is 60.1 Å². The first-order chi connectivity index (χ1) is 34.6. The number of aliphatic carboxylic acids is 1. The summed E-state index contributed by atoms with van der Waals surface area (Å²) in [5.74, 6) is -1.02. The zero-order chi connectivity index (χ0) is 54.0. The van der Waals surface area contributed by atoms with Crippen LogP contribution in [-0.4, -0.2) is 222 Å². The third-order valence-corrected chi connectivity index (χ3v) is 20.7. The van der Waals surface area contributed by atoms with Crippen molar-refractivity contribution < 1.29 is 109 Å². The van der Waals surface area contributed by atoms with E-state index in [1.165, 1.54) is 5.57 Å². The molecule has 0 aromatic rings.